The molecule has 3 aromatic heterocycles. The Hall–Kier alpha value is -1.64. The molecule has 0 aliphatic carbocycles. The monoisotopic (exact) mass is 351 g/mol. The summed E-state index contributed by atoms with van der Waals surface area (Å²) < 4.78 is 5.55. The molecule has 0 saturated carbocycles. The molecule has 1 amide bonds. The van der Waals surface area contributed by atoms with Crippen molar-refractivity contribution in [2.75, 3.05) is 12.8 Å². The van der Waals surface area contributed by atoms with Gasteiger partial charge in [-0.1, -0.05) is 23.9 Å². The van der Waals surface area contributed by atoms with Crippen LogP contribution in [-0.4, -0.2) is 33.8 Å². The summed E-state index contributed by atoms with van der Waals surface area (Å²) in [5, 5.41) is 12.3. The van der Waals surface area contributed by atoms with Crippen molar-refractivity contribution in [1.82, 2.24) is 15.1 Å². The van der Waals surface area contributed by atoms with Gasteiger partial charge in [-0.05, 0) is 22.9 Å². The second-order valence-corrected chi connectivity index (χ2v) is 7.37. The van der Waals surface area contributed by atoms with Crippen molar-refractivity contribution in [3.05, 3.63) is 39.9 Å². The first kappa shape index (κ1) is 15.3. The largest absolute Gasteiger partial charge is 0.410 e. The summed E-state index contributed by atoms with van der Waals surface area (Å²) in [6, 6.07) is 7.86. The maximum Gasteiger partial charge on any atom is 0.277 e. The molecule has 3 aromatic rings. The van der Waals surface area contributed by atoms with Crippen LogP contribution in [0.25, 0.3) is 10.8 Å². The molecule has 0 saturated heterocycles. The van der Waals surface area contributed by atoms with Gasteiger partial charge in [0.1, 0.15) is 0 Å². The lowest BCUT2D eigenvalue weighted by molar-refractivity contribution is -0.127. The number of thioether (sulfide) groups is 1. The predicted octanol–water partition coefficient (Wildman–Crippen LogP) is 3.61. The topological polar surface area (TPSA) is 59.2 Å². The molecule has 0 atom stereocenters. The lowest BCUT2D eigenvalue weighted by Crippen LogP contribution is -2.27. The van der Waals surface area contributed by atoms with Crippen LogP contribution in [0.2, 0.25) is 0 Å². The highest BCUT2D eigenvalue weighted by atomic mass is 32.2. The molecule has 0 unspecified atom stereocenters. The van der Waals surface area contributed by atoms with E-state index < -0.39 is 0 Å². The van der Waals surface area contributed by atoms with Crippen LogP contribution in [0, 0.1) is 0 Å². The minimum atomic E-state index is 0.0364. The van der Waals surface area contributed by atoms with Crippen molar-refractivity contribution < 1.29 is 9.21 Å². The van der Waals surface area contributed by atoms with Crippen LogP contribution in [0.4, 0.5) is 0 Å². The molecule has 3 rings (SSSR count). The van der Waals surface area contributed by atoms with Crippen LogP contribution in [-0.2, 0) is 11.3 Å². The first-order chi connectivity index (χ1) is 10.7. The number of rotatable bonds is 6. The Kier molecular flexibility index (Phi) is 4.91. The van der Waals surface area contributed by atoms with Gasteiger partial charge in [-0.2, -0.15) is 0 Å². The van der Waals surface area contributed by atoms with Crippen LogP contribution in [0.5, 0.6) is 0 Å². The van der Waals surface area contributed by atoms with Crippen LogP contribution in [0.1, 0.15) is 4.88 Å². The normalized spacial score (nSPS) is 10.8. The van der Waals surface area contributed by atoms with E-state index in [9.17, 15) is 4.79 Å². The number of carbonyl (C=O) groups is 1. The first-order valence-corrected chi connectivity index (χ1v) is 9.23. The van der Waals surface area contributed by atoms with Crippen molar-refractivity contribution >= 4 is 40.3 Å². The van der Waals surface area contributed by atoms with Gasteiger partial charge in [0.05, 0.1) is 17.2 Å². The molecule has 0 radical (unpaired) electrons. The molecular weight excluding hydrogens is 338 g/mol. The molecule has 0 fully saturated rings. The quantitative estimate of drug-likeness (QED) is 0.635. The van der Waals surface area contributed by atoms with Gasteiger partial charge in [-0.15, -0.1) is 32.9 Å². The molecule has 5 nitrogen and oxygen atoms in total. The Morgan fingerprint density at radius 1 is 1.27 bits per heavy atom. The molecule has 114 valence electrons. The highest BCUT2D eigenvalue weighted by Crippen LogP contribution is 2.26. The molecule has 3 heterocycles. The third-order valence-corrected chi connectivity index (χ3v) is 5.38. The third kappa shape index (κ3) is 3.76. The summed E-state index contributed by atoms with van der Waals surface area (Å²) in [4.78, 5) is 15.9. The summed E-state index contributed by atoms with van der Waals surface area (Å²) in [5.41, 5.74) is 0. The minimum Gasteiger partial charge on any atom is -0.410 e. The Morgan fingerprint density at radius 2 is 2.09 bits per heavy atom. The predicted molar refractivity (Wildman–Crippen MR) is 89.1 cm³/mol. The number of aromatic nitrogens is 2. The van der Waals surface area contributed by atoms with Gasteiger partial charge in [-0.3, -0.25) is 4.79 Å². The van der Waals surface area contributed by atoms with E-state index >= 15 is 0 Å². The number of amides is 1. The number of hydrogen-bond donors (Lipinski definition) is 0. The van der Waals surface area contributed by atoms with Crippen molar-refractivity contribution in [3.8, 4) is 10.8 Å². The van der Waals surface area contributed by atoms with Crippen molar-refractivity contribution in [1.29, 1.82) is 0 Å². The van der Waals surface area contributed by atoms with Crippen LogP contribution in [0.15, 0.2) is 44.7 Å². The van der Waals surface area contributed by atoms with Gasteiger partial charge in [0.2, 0.25) is 5.91 Å². The number of thiophene rings is 2. The fraction of sp³-hybridized carbons (Fsp3) is 0.214. The van der Waals surface area contributed by atoms with Gasteiger partial charge in [0.25, 0.3) is 11.1 Å². The van der Waals surface area contributed by atoms with Crippen molar-refractivity contribution in [2.45, 2.75) is 11.8 Å². The molecule has 0 aliphatic rings. The number of nitrogens with zero attached hydrogens (tertiary/aromatic N) is 3. The second-order valence-electron chi connectivity index (χ2n) is 4.47. The Labute approximate surface area is 140 Å². The van der Waals surface area contributed by atoms with Crippen LogP contribution >= 0.6 is 34.4 Å². The Morgan fingerprint density at radius 3 is 2.82 bits per heavy atom. The summed E-state index contributed by atoms with van der Waals surface area (Å²) in [6.45, 7) is 0.626. The zero-order valence-electron chi connectivity index (χ0n) is 11.8. The van der Waals surface area contributed by atoms with Gasteiger partial charge in [-0.25, -0.2) is 0 Å². The van der Waals surface area contributed by atoms with E-state index in [1.54, 1.807) is 34.6 Å². The van der Waals surface area contributed by atoms with E-state index in [2.05, 4.69) is 10.2 Å². The van der Waals surface area contributed by atoms with E-state index in [-0.39, 0.29) is 11.7 Å². The first-order valence-electron chi connectivity index (χ1n) is 6.49. The zero-order chi connectivity index (χ0) is 15.4. The smallest absolute Gasteiger partial charge is 0.277 e. The maximum atomic E-state index is 12.1. The highest BCUT2D eigenvalue weighted by molar-refractivity contribution is 7.99. The Balaban J connectivity index is 1.52. The third-order valence-electron chi connectivity index (χ3n) is 2.86. The highest BCUT2D eigenvalue weighted by Gasteiger charge is 2.14. The molecule has 22 heavy (non-hydrogen) atoms. The maximum absolute atomic E-state index is 12.1. The lowest BCUT2D eigenvalue weighted by atomic mass is 10.4. The van der Waals surface area contributed by atoms with Gasteiger partial charge in [0, 0.05) is 11.9 Å². The molecular formula is C14H13N3O2S3. The summed E-state index contributed by atoms with van der Waals surface area (Å²) in [6.07, 6.45) is 0. The SMILES string of the molecule is CN(Cc1cccs1)C(=O)CSc1nnc(-c2cccs2)o1. The lowest BCUT2D eigenvalue weighted by Gasteiger charge is -2.15. The second kappa shape index (κ2) is 7.08. The number of hydrogen-bond acceptors (Lipinski definition) is 7. The molecule has 0 aromatic carbocycles. The molecule has 0 spiro atoms. The van der Waals surface area contributed by atoms with E-state index in [1.807, 2.05) is 35.0 Å². The molecule has 0 bridgehead atoms. The van der Waals surface area contributed by atoms with E-state index in [0.717, 1.165) is 4.88 Å². The van der Waals surface area contributed by atoms with E-state index in [0.29, 0.717) is 17.7 Å². The van der Waals surface area contributed by atoms with Crippen molar-refractivity contribution in [2.24, 2.45) is 0 Å². The van der Waals surface area contributed by atoms with Gasteiger partial charge >= 0.3 is 0 Å². The van der Waals surface area contributed by atoms with Crippen molar-refractivity contribution in [3.63, 3.8) is 0 Å². The average molecular weight is 351 g/mol. The Bertz CT molecular complexity index is 722. The fourth-order valence-electron chi connectivity index (χ4n) is 1.73. The fourth-order valence-corrected chi connectivity index (χ4v) is 3.83. The molecule has 0 aliphatic heterocycles. The van der Waals surface area contributed by atoms with E-state index in [1.165, 1.54) is 16.6 Å². The summed E-state index contributed by atoms with van der Waals surface area (Å²) >= 11 is 4.45. The minimum absolute atomic E-state index is 0.0364. The van der Waals surface area contributed by atoms with Crippen LogP contribution < -0.4 is 0 Å². The van der Waals surface area contributed by atoms with Crippen LogP contribution in [0.3, 0.4) is 0 Å². The van der Waals surface area contributed by atoms with Gasteiger partial charge < -0.3 is 9.32 Å². The average Bonchev–Trinajstić information content (AvgIpc) is 3.25. The molecule has 0 N–H and O–H groups in total. The summed E-state index contributed by atoms with van der Waals surface area (Å²) in [5.74, 6) is 0.819. The zero-order valence-corrected chi connectivity index (χ0v) is 14.2. The van der Waals surface area contributed by atoms with E-state index in [4.69, 9.17) is 4.42 Å². The molecule has 8 heteroatoms. The summed E-state index contributed by atoms with van der Waals surface area (Å²) in [7, 11) is 1.80. The number of carbonyl (C=O) groups excluding carboxylic acids is 1. The standard InChI is InChI=1S/C14H13N3O2S3/c1-17(8-10-4-2-6-20-10)12(18)9-22-14-16-15-13(19-14)11-5-3-7-21-11/h2-7H,8-9H2,1H3. The van der Waals surface area contributed by atoms with Gasteiger partial charge in [0.15, 0.2) is 0 Å².